The van der Waals surface area contributed by atoms with Crippen molar-refractivity contribution in [2.75, 3.05) is 0 Å². The van der Waals surface area contributed by atoms with E-state index in [1.165, 1.54) is 17.7 Å². The summed E-state index contributed by atoms with van der Waals surface area (Å²) >= 11 is 0.952. The standard InChI is InChI=1S/C17H12F2S/c1-11-2-4-12(5-3-11)13-6-7-14(15(18)10-13)16-8-9-17(19)20-16/h2-10H,1H3. The molecular weight excluding hydrogens is 274 g/mol. The molecule has 0 radical (unpaired) electrons. The van der Waals surface area contributed by atoms with Crippen LogP contribution in [-0.2, 0) is 0 Å². The maximum atomic E-state index is 14.2. The highest BCUT2D eigenvalue weighted by Crippen LogP contribution is 2.32. The van der Waals surface area contributed by atoms with Crippen LogP contribution in [0.2, 0.25) is 0 Å². The van der Waals surface area contributed by atoms with Gasteiger partial charge in [0.05, 0.1) is 0 Å². The molecule has 2 aromatic carbocycles. The number of hydrogen-bond acceptors (Lipinski definition) is 1. The number of aryl methyl sites for hydroxylation is 1. The number of thiophene rings is 1. The molecule has 0 nitrogen and oxygen atoms in total. The molecule has 0 spiro atoms. The Morgan fingerprint density at radius 2 is 1.50 bits per heavy atom. The Hall–Kier alpha value is -2.00. The van der Waals surface area contributed by atoms with Crippen LogP contribution in [0, 0.1) is 17.9 Å². The predicted octanol–water partition coefficient (Wildman–Crippen LogP) is 5.67. The van der Waals surface area contributed by atoms with Crippen LogP contribution in [0.25, 0.3) is 21.6 Å². The molecule has 1 heterocycles. The topological polar surface area (TPSA) is 0 Å². The fourth-order valence-corrected chi connectivity index (χ4v) is 2.86. The highest BCUT2D eigenvalue weighted by molar-refractivity contribution is 7.13. The van der Waals surface area contributed by atoms with Crippen LogP contribution in [0.5, 0.6) is 0 Å². The summed E-state index contributed by atoms with van der Waals surface area (Å²) in [6, 6.07) is 15.9. The zero-order valence-electron chi connectivity index (χ0n) is 10.9. The minimum atomic E-state index is -0.329. The fraction of sp³-hybridized carbons (Fsp3) is 0.0588. The third-order valence-corrected chi connectivity index (χ3v) is 4.10. The van der Waals surface area contributed by atoms with E-state index in [0.717, 1.165) is 22.5 Å². The normalized spacial score (nSPS) is 10.8. The Morgan fingerprint density at radius 3 is 2.10 bits per heavy atom. The zero-order chi connectivity index (χ0) is 14.1. The van der Waals surface area contributed by atoms with Crippen molar-refractivity contribution in [1.82, 2.24) is 0 Å². The Morgan fingerprint density at radius 1 is 0.800 bits per heavy atom. The first-order valence-corrected chi connectivity index (χ1v) is 7.07. The molecule has 3 rings (SSSR count). The van der Waals surface area contributed by atoms with E-state index in [1.807, 2.05) is 37.3 Å². The second-order valence-corrected chi connectivity index (χ2v) is 5.70. The molecule has 0 saturated carbocycles. The van der Waals surface area contributed by atoms with E-state index in [4.69, 9.17) is 0 Å². The van der Waals surface area contributed by atoms with Crippen LogP contribution in [-0.4, -0.2) is 0 Å². The molecule has 0 aliphatic heterocycles. The van der Waals surface area contributed by atoms with Crippen LogP contribution in [0.3, 0.4) is 0 Å². The Balaban J connectivity index is 2.01. The minimum Gasteiger partial charge on any atom is -0.206 e. The summed E-state index contributed by atoms with van der Waals surface area (Å²) in [5.41, 5.74) is 3.40. The third-order valence-electron chi connectivity index (χ3n) is 3.19. The van der Waals surface area contributed by atoms with Gasteiger partial charge in [-0.25, -0.2) is 4.39 Å². The average Bonchev–Trinajstić information content (AvgIpc) is 2.86. The Labute approximate surface area is 120 Å². The SMILES string of the molecule is Cc1ccc(-c2ccc(-c3ccc(F)s3)c(F)c2)cc1. The second-order valence-electron chi connectivity index (χ2n) is 4.66. The van der Waals surface area contributed by atoms with Gasteiger partial charge in [-0.05, 0) is 42.3 Å². The van der Waals surface area contributed by atoms with Gasteiger partial charge in [0.1, 0.15) is 5.82 Å². The van der Waals surface area contributed by atoms with Crippen molar-refractivity contribution in [2.45, 2.75) is 6.92 Å². The summed E-state index contributed by atoms with van der Waals surface area (Å²) in [7, 11) is 0. The molecule has 0 aliphatic rings. The average molecular weight is 286 g/mol. The largest absolute Gasteiger partial charge is 0.206 e. The molecule has 0 atom stereocenters. The molecule has 0 unspecified atom stereocenters. The van der Waals surface area contributed by atoms with Crippen molar-refractivity contribution >= 4 is 11.3 Å². The lowest BCUT2D eigenvalue weighted by molar-refractivity contribution is 0.632. The number of hydrogen-bond donors (Lipinski definition) is 0. The lowest BCUT2D eigenvalue weighted by Gasteiger charge is -2.05. The van der Waals surface area contributed by atoms with E-state index in [2.05, 4.69) is 0 Å². The molecule has 0 aliphatic carbocycles. The molecule has 0 bridgehead atoms. The maximum Gasteiger partial charge on any atom is 0.176 e. The first-order valence-electron chi connectivity index (χ1n) is 6.26. The van der Waals surface area contributed by atoms with Gasteiger partial charge >= 0.3 is 0 Å². The Bertz CT molecular complexity index is 742. The van der Waals surface area contributed by atoms with Gasteiger partial charge in [-0.3, -0.25) is 0 Å². The molecule has 0 fully saturated rings. The number of benzene rings is 2. The molecule has 0 amide bonds. The molecule has 1 aromatic heterocycles. The highest BCUT2D eigenvalue weighted by Gasteiger charge is 2.09. The molecule has 3 heteroatoms. The van der Waals surface area contributed by atoms with E-state index in [-0.39, 0.29) is 10.9 Å². The van der Waals surface area contributed by atoms with Crippen LogP contribution in [0.4, 0.5) is 8.78 Å². The summed E-state index contributed by atoms with van der Waals surface area (Å²) in [5.74, 6) is -0.329. The van der Waals surface area contributed by atoms with Gasteiger partial charge < -0.3 is 0 Å². The fourth-order valence-electron chi connectivity index (χ4n) is 2.10. The van der Waals surface area contributed by atoms with Crippen molar-refractivity contribution in [3.05, 3.63) is 71.1 Å². The van der Waals surface area contributed by atoms with Crippen molar-refractivity contribution in [1.29, 1.82) is 0 Å². The maximum absolute atomic E-state index is 14.2. The van der Waals surface area contributed by atoms with Crippen LogP contribution in [0.1, 0.15) is 5.56 Å². The molecule has 20 heavy (non-hydrogen) atoms. The van der Waals surface area contributed by atoms with Gasteiger partial charge in [0.15, 0.2) is 5.13 Å². The summed E-state index contributed by atoms with van der Waals surface area (Å²) in [4.78, 5) is 0.607. The molecule has 100 valence electrons. The highest BCUT2D eigenvalue weighted by atomic mass is 32.1. The van der Waals surface area contributed by atoms with Gasteiger partial charge in [0.2, 0.25) is 0 Å². The van der Waals surface area contributed by atoms with E-state index in [9.17, 15) is 8.78 Å². The molecule has 0 N–H and O–H groups in total. The first kappa shape index (κ1) is 13.0. The quantitative estimate of drug-likeness (QED) is 0.569. The molecule has 3 aromatic rings. The van der Waals surface area contributed by atoms with Gasteiger partial charge in [-0.15, -0.1) is 11.3 Å². The monoisotopic (exact) mass is 286 g/mol. The third kappa shape index (κ3) is 2.49. The van der Waals surface area contributed by atoms with Crippen LogP contribution >= 0.6 is 11.3 Å². The summed E-state index contributed by atoms with van der Waals surface area (Å²) in [5, 5.41) is -0.304. The van der Waals surface area contributed by atoms with Crippen LogP contribution < -0.4 is 0 Å². The summed E-state index contributed by atoms with van der Waals surface area (Å²) < 4.78 is 27.2. The van der Waals surface area contributed by atoms with E-state index in [1.54, 1.807) is 12.1 Å². The van der Waals surface area contributed by atoms with Crippen LogP contribution in [0.15, 0.2) is 54.6 Å². The number of rotatable bonds is 2. The van der Waals surface area contributed by atoms with Gasteiger partial charge in [0, 0.05) is 10.4 Å². The number of halogens is 2. The van der Waals surface area contributed by atoms with E-state index >= 15 is 0 Å². The predicted molar refractivity (Wildman–Crippen MR) is 79.8 cm³/mol. The van der Waals surface area contributed by atoms with Gasteiger partial charge in [-0.2, -0.15) is 4.39 Å². The smallest absolute Gasteiger partial charge is 0.176 e. The molecule has 0 saturated heterocycles. The van der Waals surface area contributed by atoms with E-state index < -0.39 is 0 Å². The lowest BCUT2D eigenvalue weighted by atomic mass is 10.0. The van der Waals surface area contributed by atoms with Gasteiger partial charge in [-0.1, -0.05) is 35.9 Å². The second kappa shape index (κ2) is 5.17. The van der Waals surface area contributed by atoms with Crippen molar-refractivity contribution in [2.24, 2.45) is 0 Å². The lowest BCUT2D eigenvalue weighted by Crippen LogP contribution is -1.85. The van der Waals surface area contributed by atoms with Crippen molar-refractivity contribution in [3.63, 3.8) is 0 Å². The Kier molecular flexibility index (Phi) is 3.36. The molecular formula is C17H12F2S. The van der Waals surface area contributed by atoms with Crippen molar-refractivity contribution in [3.8, 4) is 21.6 Å². The first-order chi connectivity index (χ1) is 9.63. The van der Waals surface area contributed by atoms with E-state index in [0.29, 0.717) is 10.4 Å². The minimum absolute atomic E-state index is 0.304. The summed E-state index contributed by atoms with van der Waals surface area (Å²) in [6.45, 7) is 2.01. The van der Waals surface area contributed by atoms with Gasteiger partial charge in [0.25, 0.3) is 0 Å². The zero-order valence-corrected chi connectivity index (χ0v) is 11.7. The van der Waals surface area contributed by atoms with Crippen molar-refractivity contribution < 1.29 is 8.78 Å². The summed E-state index contributed by atoms with van der Waals surface area (Å²) in [6.07, 6.45) is 0.